The fraction of sp³-hybridized carbons (Fsp3) is 0.640. The molecule has 2 fully saturated rings. The normalized spacial score (nSPS) is 24.9. The van der Waals surface area contributed by atoms with Crippen molar-refractivity contribution < 1.29 is 18.4 Å². The maximum Gasteiger partial charge on any atom is 0.253 e. The van der Waals surface area contributed by atoms with Crippen molar-refractivity contribution >= 4 is 35.3 Å². The highest BCUT2D eigenvalue weighted by Crippen LogP contribution is 2.38. The van der Waals surface area contributed by atoms with Crippen molar-refractivity contribution in [2.75, 3.05) is 24.2 Å². The Labute approximate surface area is 204 Å². The lowest BCUT2D eigenvalue weighted by molar-refractivity contribution is -0.125. The van der Waals surface area contributed by atoms with Gasteiger partial charge in [-0.1, -0.05) is 18.0 Å². The number of nitrogens with zero attached hydrogens (tertiary/aromatic N) is 2. The molecule has 3 aliphatic rings. The molecule has 0 unspecified atom stereocenters. The van der Waals surface area contributed by atoms with E-state index >= 15 is 0 Å². The molecule has 0 radical (unpaired) electrons. The molecule has 2 heterocycles. The number of amidine groups is 1. The molecule has 34 heavy (non-hydrogen) atoms. The summed E-state index contributed by atoms with van der Waals surface area (Å²) in [6, 6.07) is 6.01. The van der Waals surface area contributed by atoms with Crippen LogP contribution in [0.4, 0.5) is 14.5 Å². The number of aryl methyl sites for hydroxylation is 2. The summed E-state index contributed by atoms with van der Waals surface area (Å²) in [5, 5.41) is 5.81. The van der Waals surface area contributed by atoms with Gasteiger partial charge in [0.25, 0.3) is 5.91 Å². The summed E-state index contributed by atoms with van der Waals surface area (Å²) in [7, 11) is 0. The van der Waals surface area contributed by atoms with Crippen molar-refractivity contribution in [1.29, 1.82) is 0 Å². The SMILES string of the molecule is CC(=O)Nc1ccc(CCSN2CCC3(CC2)N=C(C2CCC(C(F)F)CC2)NC3=O)c(C)c1. The fourth-order valence-corrected chi connectivity index (χ4v) is 6.26. The number of hydrogen-bond acceptors (Lipinski definition) is 5. The van der Waals surface area contributed by atoms with Crippen molar-refractivity contribution in [3.05, 3.63) is 29.3 Å². The van der Waals surface area contributed by atoms with Gasteiger partial charge in [0.1, 0.15) is 11.4 Å². The quantitative estimate of drug-likeness (QED) is 0.547. The Hall–Kier alpha value is -2.00. The Bertz CT molecular complexity index is 939. The van der Waals surface area contributed by atoms with E-state index in [9.17, 15) is 18.4 Å². The first-order chi connectivity index (χ1) is 16.3. The Morgan fingerprint density at radius 2 is 1.97 bits per heavy atom. The smallest absolute Gasteiger partial charge is 0.253 e. The van der Waals surface area contributed by atoms with Gasteiger partial charge in [-0.15, -0.1) is 0 Å². The summed E-state index contributed by atoms with van der Waals surface area (Å²) < 4.78 is 28.2. The molecule has 2 aliphatic heterocycles. The highest BCUT2D eigenvalue weighted by atomic mass is 32.2. The van der Waals surface area contributed by atoms with Gasteiger partial charge in [0.15, 0.2) is 0 Å². The second-order valence-corrected chi connectivity index (χ2v) is 10.9. The first kappa shape index (κ1) is 25.1. The van der Waals surface area contributed by atoms with E-state index in [0.29, 0.717) is 38.5 Å². The largest absolute Gasteiger partial charge is 0.326 e. The Balaban J connectivity index is 1.25. The van der Waals surface area contributed by atoms with Gasteiger partial charge < -0.3 is 10.6 Å². The molecule has 1 saturated carbocycles. The second kappa shape index (κ2) is 10.7. The fourth-order valence-electron chi connectivity index (χ4n) is 5.25. The van der Waals surface area contributed by atoms with Crippen LogP contribution in [-0.4, -0.2) is 52.8 Å². The molecule has 1 spiro atoms. The maximum atomic E-state index is 13.0. The zero-order valence-corrected chi connectivity index (χ0v) is 20.7. The number of benzene rings is 1. The Morgan fingerprint density at radius 1 is 1.26 bits per heavy atom. The van der Waals surface area contributed by atoms with Crippen LogP contribution in [0, 0.1) is 18.8 Å². The molecule has 186 valence electrons. The lowest BCUT2D eigenvalue weighted by Crippen LogP contribution is -2.47. The number of hydrogen-bond donors (Lipinski definition) is 2. The third-order valence-corrected chi connectivity index (χ3v) is 8.49. The van der Waals surface area contributed by atoms with E-state index in [1.54, 1.807) is 11.9 Å². The first-order valence-electron chi connectivity index (χ1n) is 12.2. The highest BCUT2D eigenvalue weighted by molar-refractivity contribution is 7.97. The van der Waals surface area contributed by atoms with Gasteiger partial charge in [-0.05, 0) is 75.1 Å². The van der Waals surface area contributed by atoms with E-state index in [4.69, 9.17) is 4.99 Å². The van der Waals surface area contributed by atoms with Crippen molar-refractivity contribution in [1.82, 2.24) is 9.62 Å². The zero-order chi connectivity index (χ0) is 24.3. The van der Waals surface area contributed by atoms with Crippen molar-refractivity contribution in [2.24, 2.45) is 16.8 Å². The zero-order valence-electron chi connectivity index (χ0n) is 19.9. The number of halogens is 2. The van der Waals surface area contributed by atoms with Gasteiger partial charge >= 0.3 is 0 Å². The van der Waals surface area contributed by atoms with E-state index < -0.39 is 17.9 Å². The Kier molecular flexibility index (Phi) is 7.92. The summed E-state index contributed by atoms with van der Waals surface area (Å²) in [5.41, 5.74) is 2.57. The molecule has 1 saturated heterocycles. The molecule has 0 bridgehead atoms. The number of carbonyl (C=O) groups excluding carboxylic acids is 2. The van der Waals surface area contributed by atoms with Gasteiger partial charge in [0.05, 0.1) is 0 Å². The average Bonchev–Trinajstić information content (AvgIpc) is 3.12. The number of piperidine rings is 1. The first-order valence-corrected chi connectivity index (χ1v) is 13.1. The molecule has 1 aromatic carbocycles. The molecule has 1 aromatic rings. The number of amides is 2. The lowest BCUT2D eigenvalue weighted by Gasteiger charge is -2.34. The predicted molar refractivity (Wildman–Crippen MR) is 132 cm³/mol. The molecule has 0 atom stereocenters. The maximum absolute atomic E-state index is 13.0. The molecular formula is C25H34F2N4O2S. The third-order valence-electron chi connectivity index (χ3n) is 7.37. The van der Waals surface area contributed by atoms with Gasteiger partial charge in [-0.2, -0.15) is 0 Å². The molecule has 9 heteroatoms. The molecule has 4 rings (SSSR count). The Morgan fingerprint density at radius 3 is 2.59 bits per heavy atom. The number of nitrogens with one attached hydrogen (secondary N) is 2. The number of aliphatic imine (C=N–C) groups is 1. The standard InChI is InChI=1S/C25H34F2N4O2S/c1-16-15-21(28-17(2)32)8-7-18(16)9-14-34-31-12-10-25(11-13-31)24(33)29-23(30-25)20-5-3-19(4-6-20)22(26)27/h7-8,15,19-20,22H,3-6,9-14H2,1-2H3,(H,28,32)(H,29,30,33). The summed E-state index contributed by atoms with van der Waals surface area (Å²) >= 11 is 1.80. The monoisotopic (exact) mass is 492 g/mol. The lowest BCUT2D eigenvalue weighted by atomic mass is 9.81. The average molecular weight is 493 g/mol. The van der Waals surface area contributed by atoms with Gasteiger partial charge in [0.2, 0.25) is 12.3 Å². The van der Waals surface area contributed by atoms with Gasteiger partial charge in [-0.25, -0.2) is 8.78 Å². The molecule has 6 nitrogen and oxygen atoms in total. The minimum Gasteiger partial charge on any atom is -0.326 e. The van der Waals surface area contributed by atoms with Crippen LogP contribution >= 0.6 is 11.9 Å². The van der Waals surface area contributed by atoms with Crippen LogP contribution in [0.3, 0.4) is 0 Å². The molecular weight excluding hydrogens is 458 g/mol. The summed E-state index contributed by atoms with van der Waals surface area (Å²) in [4.78, 5) is 28.9. The summed E-state index contributed by atoms with van der Waals surface area (Å²) in [5.74, 6) is 1.18. The van der Waals surface area contributed by atoms with E-state index in [2.05, 4.69) is 27.9 Å². The number of rotatable bonds is 7. The summed E-state index contributed by atoms with van der Waals surface area (Å²) in [6.07, 6.45) is 2.42. The van der Waals surface area contributed by atoms with Crippen LogP contribution in [0.1, 0.15) is 56.6 Å². The van der Waals surface area contributed by atoms with E-state index in [0.717, 1.165) is 42.3 Å². The van der Waals surface area contributed by atoms with E-state index in [1.807, 2.05) is 12.1 Å². The molecule has 2 N–H and O–H groups in total. The van der Waals surface area contributed by atoms with Crippen molar-refractivity contribution in [3.8, 4) is 0 Å². The molecule has 0 aromatic heterocycles. The van der Waals surface area contributed by atoms with Crippen molar-refractivity contribution in [2.45, 2.75) is 70.8 Å². The van der Waals surface area contributed by atoms with Crippen LogP contribution in [-0.2, 0) is 16.0 Å². The van der Waals surface area contributed by atoms with Crippen LogP contribution in [0.2, 0.25) is 0 Å². The van der Waals surface area contributed by atoms with Crippen LogP contribution in [0.15, 0.2) is 23.2 Å². The second-order valence-electron chi connectivity index (χ2n) is 9.76. The van der Waals surface area contributed by atoms with Crippen molar-refractivity contribution in [3.63, 3.8) is 0 Å². The number of anilines is 1. The highest BCUT2D eigenvalue weighted by Gasteiger charge is 2.47. The van der Waals surface area contributed by atoms with Crippen LogP contribution in [0.5, 0.6) is 0 Å². The number of carbonyl (C=O) groups is 2. The molecule has 1 aliphatic carbocycles. The minimum absolute atomic E-state index is 0.0157. The van der Waals surface area contributed by atoms with E-state index in [-0.39, 0.29) is 17.7 Å². The molecule has 2 amide bonds. The minimum atomic E-state index is -2.25. The third kappa shape index (κ3) is 5.79. The van der Waals surface area contributed by atoms with Crippen LogP contribution in [0.25, 0.3) is 0 Å². The topological polar surface area (TPSA) is 73.8 Å². The predicted octanol–water partition coefficient (Wildman–Crippen LogP) is 4.58. The van der Waals surface area contributed by atoms with Crippen LogP contribution < -0.4 is 10.6 Å². The van der Waals surface area contributed by atoms with Gasteiger partial charge in [-0.3, -0.25) is 18.9 Å². The van der Waals surface area contributed by atoms with E-state index in [1.165, 1.54) is 12.5 Å². The summed E-state index contributed by atoms with van der Waals surface area (Å²) in [6.45, 7) is 5.16. The number of alkyl halides is 2. The van der Waals surface area contributed by atoms with Gasteiger partial charge in [0, 0.05) is 43.3 Å².